The summed E-state index contributed by atoms with van der Waals surface area (Å²) in [5.41, 5.74) is 0. The molecule has 0 aromatic carbocycles. The van der Waals surface area contributed by atoms with Gasteiger partial charge in [-0.2, -0.15) is 0 Å². The lowest BCUT2D eigenvalue weighted by atomic mass is 10.0. The molecule has 1 unspecified atom stereocenters. The molecule has 0 bridgehead atoms. The lowest BCUT2D eigenvalue weighted by Gasteiger charge is -2.20. The Balaban J connectivity index is 0.00000676. The van der Waals surface area contributed by atoms with Gasteiger partial charge in [0.05, 0.1) is 13.7 Å². The van der Waals surface area contributed by atoms with Crippen LogP contribution in [0, 0.1) is 0 Å². The van der Waals surface area contributed by atoms with E-state index in [0.29, 0.717) is 12.5 Å². The first-order valence-corrected chi connectivity index (χ1v) is 11.3. The Bertz CT molecular complexity index is 323. The number of halogens is 1. The van der Waals surface area contributed by atoms with E-state index >= 15 is 0 Å². The van der Waals surface area contributed by atoms with Gasteiger partial charge in [0, 0.05) is 13.0 Å². The Labute approximate surface area is 173 Å². The van der Waals surface area contributed by atoms with Gasteiger partial charge in [-0.15, -0.1) is 0 Å². The third-order valence-electron chi connectivity index (χ3n) is 5.47. The second-order valence-corrected chi connectivity index (χ2v) is 7.87. The minimum Gasteiger partial charge on any atom is -1.00 e. The molecule has 0 spiro atoms. The molecule has 4 nitrogen and oxygen atoms in total. The molecule has 0 saturated carbocycles. The first-order chi connectivity index (χ1) is 12.8. The molecule has 1 heterocycles. The molecule has 27 heavy (non-hydrogen) atoms. The monoisotopic (exact) mass is 405 g/mol. The van der Waals surface area contributed by atoms with Crippen LogP contribution in [0.15, 0.2) is 0 Å². The van der Waals surface area contributed by atoms with Crippen molar-refractivity contribution in [3.63, 3.8) is 0 Å². The van der Waals surface area contributed by atoms with E-state index in [2.05, 4.69) is 10.1 Å². The van der Waals surface area contributed by atoms with Crippen molar-refractivity contribution in [2.45, 2.75) is 109 Å². The Hall–Kier alpha value is -0.320. The summed E-state index contributed by atoms with van der Waals surface area (Å²) in [5, 5.41) is 2.39. The van der Waals surface area contributed by atoms with Crippen LogP contribution in [0.5, 0.6) is 0 Å². The number of carbonyl (C=O) groups is 1. The number of methoxy groups -OCH3 is 1. The van der Waals surface area contributed by atoms with E-state index in [4.69, 9.17) is 4.74 Å². The Kier molecular flexibility index (Phi) is 20.2. The molecule has 0 aliphatic carbocycles. The smallest absolute Gasteiger partial charge is 0.305 e. The fourth-order valence-electron chi connectivity index (χ4n) is 3.73. The van der Waals surface area contributed by atoms with Crippen LogP contribution >= 0.6 is 0 Å². The summed E-state index contributed by atoms with van der Waals surface area (Å²) in [6.45, 7) is 3.43. The average Bonchev–Trinajstić information content (AvgIpc) is 2.68. The van der Waals surface area contributed by atoms with Gasteiger partial charge in [0.25, 0.3) is 0 Å². The van der Waals surface area contributed by atoms with E-state index in [1.54, 1.807) is 0 Å². The van der Waals surface area contributed by atoms with Gasteiger partial charge in [-0.1, -0.05) is 70.6 Å². The zero-order valence-electron chi connectivity index (χ0n) is 17.7. The largest absolute Gasteiger partial charge is 1.00 e. The summed E-state index contributed by atoms with van der Waals surface area (Å²) < 4.78 is 10.6. The average molecular weight is 406 g/mol. The summed E-state index contributed by atoms with van der Waals surface area (Å²) in [5.74, 6) is -0.0691. The molecule has 0 amide bonds. The van der Waals surface area contributed by atoms with Crippen molar-refractivity contribution < 1.29 is 32.0 Å². The van der Waals surface area contributed by atoms with E-state index in [9.17, 15) is 4.79 Å². The number of piperidine rings is 1. The molecule has 2 N–H and O–H groups in total. The maximum Gasteiger partial charge on any atom is 0.305 e. The number of carbonyl (C=O) groups excluding carboxylic acids is 1. The maximum atomic E-state index is 11.0. The Morgan fingerprint density at radius 1 is 0.852 bits per heavy atom. The van der Waals surface area contributed by atoms with Crippen molar-refractivity contribution in [2.75, 3.05) is 26.8 Å². The van der Waals surface area contributed by atoms with Crippen LogP contribution in [0.4, 0.5) is 0 Å². The summed E-state index contributed by atoms with van der Waals surface area (Å²) in [4.78, 5) is 11.0. The maximum absolute atomic E-state index is 11.0. The molecular formula is C22H44ClNO3. The van der Waals surface area contributed by atoms with Crippen molar-refractivity contribution in [1.29, 1.82) is 0 Å². The summed E-state index contributed by atoms with van der Waals surface area (Å²) in [6, 6.07) is 0. The first-order valence-electron chi connectivity index (χ1n) is 11.3. The SMILES string of the molecule is COC(=O)CCCCCCCCCCCCCCCOC1CCC[NH2+]C1.[Cl-]. The minimum atomic E-state index is -0.0691. The number of quaternary nitrogens is 1. The highest BCUT2D eigenvalue weighted by molar-refractivity contribution is 5.68. The van der Waals surface area contributed by atoms with Gasteiger partial charge in [-0.05, 0) is 25.7 Å². The predicted molar refractivity (Wildman–Crippen MR) is 107 cm³/mol. The molecule has 162 valence electrons. The molecule has 1 aliphatic heterocycles. The molecular weight excluding hydrogens is 362 g/mol. The summed E-state index contributed by atoms with van der Waals surface area (Å²) >= 11 is 0. The number of hydrogen-bond acceptors (Lipinski definition) is 3. The fourth-order valence-corrected chi connectivity index (χ4v) is 3.73. The number of nitrogens with two attached hydrogens (primary N) is 1. The van der Waals surface area contributed by atoms with Crippen LogP contribution in [0.2, 0.25) is 0 Å². The highest BCUT2D eigenvalue weighted by Gasteiger charge is 2.15. The minimum absolute atomic E-state index is 0. The second-order valence-electron chi connectivity index (χ2n) is 7.87. The highest BCUT2D eigenvalue weighted by atomic mass is 35.5. The van der Waals surface area contributed by atoms with E-state index in [0.717, 1.165) is 19.4 Å². The van der Waals surface area contributed by atoms with E-state index < -0.39 is 0 Å². The van der Waals surface area contributed by atoms with Gasteiger partial charge in [-0.25, -0.2) is 0 Å². The number of esters is 1. The molecule has 1 fully saturated rings. The van der Waals surface area contributed by atoms with Gasteiger partial charge in [0.15, 0.2) is 0 Å². The van der Waals surface area contributed by atoms with Crippen LogP contribution in [0.1, 0.15) is 103 Å². The fraction of sp³-hybridized carbons (Fsp3) is 0.955. The number of hydrogen-bond donors (Lipinski definition) is 1. The van der Waals surface area contributed by atoms with Gasteiger partial charge >= 0.3 is 5.97 Å². The molecule has 0 radical (unpaired) electrons. The number of rotatable bonds is 17. The highest BCUT2D eigenvalue weighted by Crippen LogP contribution is 2.13. The van der Waals surface area contributed by atoms with E-state index in [1.165, 1.54) is 104 Å². The molecule has 1 saturated heterocycles. The van der Waals surface area contributed by atoms with Crippen LogP contribution in [0.3, 0.4) is 0 Å². The van der Waals surface area contributed by atoms with Gasteiger partial charge in [-0.3, -0.25) is 4.79 Å². The van der Waals surface area contributed by atoms with Crippen LogP contribution in [0.25, 0.3) is 0 Å². The Morgan fingerprint density at radius 3 is 1.85 bits per heavy atom. The first kappa shape index (κ1) is 26.7. The quantitative estimate of drug-likeness (QED) is 0.293. The van der Waals surface area contributed by atoms with Crippen LogP contribution < -0.4 is 17.7 Å². The zero-order valence-corrected chi connectivity index (χ0v) is 18.4. The summed E-state index contributed by atoms with van der Waals surface area (Å²) in [6.07, 6.45) is 20.7. The van der Waals surface area contributed by atoms with E-state index in [1.807, 2.05) is 0 Å². The lowest BCUT2D eigenvalue weighted by Crippen LogP contribution is -3.00. The van der Waals surface area contributed by atoms with Gasteiger partial charge in [0.2, 0.25) is 0 Å². The van der Waals surface area contributed by atoms with Crippen molar-refractivity contribution in [3.8, 4) is 0 Å². The molecule has 1 rings (SSSR count). The summed E-state index contributed by atoms with van der Waals surface area (Å²) in [7, 11) is 1.47. The third kappa shape index (κ3) is 17.5. The predicted octanol–water partition coefficient (Wildman–Crippen LogP) is 1.37. The van der Waals surface area contributed by atoms with E-state index in [-0.39, 0.29) is 18.4 Å². The van der Waals surface area contributed by atoms with Crippen LogP contribution in [-0.2, 0) is 14.3 Å². The normalized spacial score (nSPS) is 16.7. The van der Waals surface area contributed by atoms with Gasteiger partial charge in [0.1, 0.15) is 12.6 Å². The Morgan fingerprint density at radius 2 is 1.37 bits per heavy atom. The molecule has 1 atom stereocenters. The lowest BCUT2D eigenvalue weighted by molar-refractivity contribution is -0.670. The molecule has 0 aromatic heterocycles. The van der Waals surface area contributed by atoms with Crippen molar-refractivity contribution in [3.05, 3.63) is 0 Å². The molecule has 0 aromatic rings. The number of ether oxygens (including phenoxy) is 2. The third-order valence-corrected chi connectivity index (χ3v) is 5.47. The second kappa shape index (κ2) is 20.4. The van der Waals surface area contributed by atoms with Crippen molar-refractivity contribution in [2.24, 2.45) is 0 Å². The van der Waals surface area contributed by atoms with Crippen molar-refractivity contribution >= 4 is 5.97 Å². The van der Waals surface area contributed by atoms with Crippen molar-refractivity contribution in [1.82, 2.24) is 0 Å². The molecule has 5 heteroatoms. The van der Waals surface area contributed by atoms with Gasteiger partial charge < -0.3 is 27.2 Å². The number of unbranched alkanes of at least 4 members (excludes halogenated alkanes) is 12. The topological polar surface area (TPSA) is 52.1 Å². The molecule has 1 aliphatic rings. The van der Waals surface area contributed by atoms with Crippen LogP contribution in [-0.4, -0.2) is 38.9 Å². The standard InChI is InChI=1S/C22H43NO3.ClH/c1-25-22(24)17-13-11-9-7-5-3-2-4-6-8-10-12-14-19-26-21-16-15-18-23-20-21;/h21,23H,2-20H2,1H3;1H. The zero-order chi connectivity index (χ0) is 18.7.